The number of hydrogen-bond acceptors (Lipinski definition) is 4. The number of anilines is 1. The minimum Gasteiger partial charge on any atom is -0.366 e. The summed E-state index contributed by atoms with van der Waals surface area (Å²) in [7, 11) is 0. The Labute approximate surface area is 159 Å². The number of alkyl halides is 2. The first-order valence-corrected chi connectivity index (χ1v) is 9.13. The van der Waals surface area contributed by atoms with Crippen molar-refractivity contribution in [2.45, 2.75) is 7.43 Å². The lowest BCUT2D eigenvalue weighted by Crippen LogP contribution is -2.43. The fraction of sp³-hybridized carbons (Fsp3) is 0.562. The Kier molecular flexibility index (Phi) is 10.5. The molecule has 2 aromatic heterocycles. The van der Waals surface area contributed by atoms with Crippen LogP contribution in [0.25, 0.3) is 11.0 Å². The van der Waals surface area contributed by atoms with Crippen LogP contribution in [0.5, 0.6) is 0 Å². The molecular weight excluding hydrogens is 369 g/mol. The van der Waals surface area contributed by atoms with Crippen LogP contribution in [0.3, 0.4) is 0 Å². The number of nitrogens with zero attached hydrogens (tertiary/aromatic N) is 2. The van der Waals surface area contributed by atoms with Crippen LogP contribution in [0.2, 0.25) is 5.15 Å². The first-order chi connectivity index (χ1) is 11.3. The number of piperazine rings is 1. The maximum Gasteiger partial charge on any atom is 0.130 e. The van der Waals surface area contributed by atoms with Crippen molar-refractivity contribution < 1.29 is 0 Å². The van der Waals surface area contributed by atoms with E-state index < -0.39 is 0 Å². The highest BCUT2D eigenvalue weighted by molar-refractivity contribution is 6.29. The van der Waals surface area contributed by atoms with Crippen LogP contribution in [-0.4, -0.2) is 61.0 Å². The number of nitrogens with one attached hydrogen (secondary N) is 3. The van der Waals surface area contributed by atoms with Crippen LogP contribution in [0.1, 0.15) is 7.43 Å². The molecule has 0 saturated carbocycles. The van der Waals surface area contributed by atoms with E-state index in [0.717, 1.165) is 56.0 Å². The smallest absolute Gasteiger partial charge is 0.130 e. The Balaban J connectivity index is 0.000000312. The Morgan fingerprint density at radius 2 is 1.79 bits per heavy atom. The van der Waals surface area contributed by atoms with Gasteiger partial charge in [0.05, 0.1) is 11.2 Å². The van der Waals surface area contributed by atoms with Gasteiger partial charge in [0.1, 0.15) is 10.7 Å². The maximum atomic E-state index is 5.93. The van der Waals surface area contributed by atoms with E-state index in [0.29, 0.717) is 16.9 Å². The van der Waals surface area contributed by atoms with Crippen LogP contribution >= 0.6 is 34.8 Å². The molecule has 2 aromatic rings. The van der Waals surface area contributed by atoms with Gasteiger partial charge in [0, 0.05) is 57.2 Å². The van der Waals surface area contributed by atoms with Crippen molar-refractivity contribution in [2.24, 2.45) is 0 Å². The first-order valence-electron chi connectivity index (χ1n) is 7.68. The summed E-state index contributed by atoms with van der Waals surface area (Å²) in [4.78, 5) is 9.94. The van der Waals surface area contributed by atoms with E-state index in [2.05, 4.69) is 25.5 Å². The van der Waals surface area contributed by atoms with E-state index in [4.69, 9.17) is 34.8 Å². The van der Waals surface area contributed by atoms with Crippen molar-refractivity contribution in [3.63, 3.8) is 0 Å². The lowest BCUT2D eigenvalue weighted by atomic mass is 10.3. The molecule has 136 valence electrons. The molecule has 0 radical (unpaired) electrons. The lowest BCUT2D eigenvalue weighted by molar-refractivity contribution is 0.590. The van der Waals surface area contributed by atoms with E-state index >= 15 is 0 Å². The van der Waals surface area contributed by atoms with Gasteiger partial charge in [-0.1, -0.05) is 19.0 Å². The highest BCUT2D eigenvalue weighted by atomic mass is 35.5. The molecule has 0 spiro atoms. The summed E-state index contributed by atoms with van der Waals surface area (Å²) < 4.78 is 0. The van der Waals surface area contributed by atoms with Gasteiger partial charge in [0.2, 0.25) is 0 Å². The molecule has 0 bridgehead atoms. The summed E-state index contributed by atoms with van der Waals surface area (Å²) in [5.41, 5.74) is 3.16. The van der Waals surface area contributed by atoms with Crippen molar-refractivity contribution in [3.8, 4) is 0 Å². The van der Waals surface area contributed by atoms with Crippen LogP contribution in [-0.2, 0) is 0 Å². The number of aromatic amines is 1. The third-order valence-electron chi connectivity index (χ3n) is 3.47. The van der Waals surface area contributed by atoms with Gasteiger partial charge in [-0.15, -0.1) is 23.2 Å². The number of pyridine rings is 1. The minimum atomic E-state index is 0. The molecular formula is C16H26Cl3N5. The number of aromatic nitrogens is 2. The molecule has 3 rings (SSSR count). The number of rotatable bonds is 5. The van der Waals surface area contributed by atoms with Crippen LogP contribution in [0.4, 0.5) is 5.69 Å². The van der Waals surface area contributed by atoms with Crippen molar-refractivity contribution in [3.05, 3.63) is 23.5 Å². The average Bonchev–Trinajstić information content (AvgIpc) is 3.00. The van der Waals surface area contributed by atoms with Gasteiger partial charge in [-0.2, -0.15) is 0 Å². The average molecular weight is 395 g/mol. The Morgan fingerprint density at radius 3 is 2.42 bits per heavy atom. The summed E-state index contributed by atoms with van der Waals surface area (Å²) in [6, 6.07) is 3.78. The van der Waals surface area contributed by atoms with E-state index in [1.807, 2.05) is 18.3 Å². The number of halogens is 3. The van der Waals surface area contributed by atoms with Crippen molar-refractivity contribution in [1.29, 1.82) is 0 Å². The van der Waals surface area contributed by atoms with Crippen molar-refractivity contribution in [1.82, 2.24) is 20.6 Å². The van der Waals surface area contributed by atoms with Gasteiger partial charge in [0.25, 0.3) is 0 Å². The molecule has 8 heteroatoms. The number of fused-ring (bicyclic) bond motifs is 1. The van der Waals surface area contributed by atoms with Gasteiger partial charge in [-0.3, -0.25) is 0 Å². The largest absolute Gasteiger partial charge is 0.366 e. The van der Waals surface area contributed by atoms with Gasteiger partial charge in [-0.25, -0.2) is 4.98 Å². The molecule has 5 nitrogen and oxygen atoms in total. The number of hydrogen-bond donors (Lipinski definition) is 3. The molecule has 24 heavy (non-hydrogen) atoms. The Hall–Kier alpha value is -0.720. The number of H-pyrrole nitrogens is 1. The molecule has 0 aromatic carbocycles. The molecule has 3 heterocycles. The van der Waals surface area contributed by atoms with Gasteiger partial charge in [0.15, 0.2) is 0 Å². The molecule has 1 saturated heterocycles. The Bertz CT molecular complexity index is 580. The molecule has 3 N–H and O–H groups in total. The zero-order valence-corrected chi connectivity index (χ0v) is 15.2. The normalized spacial score (nSPS) is 14.0. The molecule has 1 aliphatic rings. The van der Waals surface area contributed by atoms with Crippen LogP contribution in [0.15, 0.2) is 18.3 Å². The molecule has 0 atom stereocenters. The standard InChI is InChI=1S/C11H13ClN4.C4H9Cl2N.CH4/c12-10-2-1-8-11(15-10)9(7-14-8)16-5-3-13-4-6-16;5-1-3-7-4-2-6;/h1-2,7,13-14H,3-6H2;7H,1-4H2;1H4. The van der Waals surface area contributed by atoms with Crippen molar-refractivity contribution in [2.75, 3.05) is 55.9 Å². The Morgan fingerprint density at radius 1 is 1.12 bits per heavy atom. The first kappa shape index (κ1) is 21.3. The minimum absolute atomic E-state index is 0. The SMILES string of the molecule is C.ClCCNCCCl.Clc1ccc2[nH]cc(N3CCNCC3)c2n1. The van der Waals surface area contributed by atoms with Crippen LogP contribution in [0, 0.1) is 0 Å². The third-order valence-corrected chi connectivity index (χ3v) is 4.06. The molecule has 1 aliphatic heterocycles. The highest BCUT2D eigenvalue weighted by Crippen LogP contribution is 2.26. The second-order valence-electron chi connectivity index (χ2n) is 5.07. The third kappa shape index (κ3) is 6.30. The van der Waals surface area contributed by atoms with Gasteiger partial charge in [-0.05, 0) is 12.1 Å². The molecule has 0 aliphatic carbocycles. The highest BCUT2D eigenvalue weighted by Gasteiger charge is 2.15. The van der Waals surface area contributed by atoms with Crippen LogP contribution < -0.4 is 15.5 Å². The van der Waals surface area contributed by atoms with E-state index in [1.165, 1.54) is 0 Å². The molecule has 0 unspecified atom stereocenters. The topological polar surface area (TPSA) is 56.0 Å². The maximum absolute atomic E-state index is 5.93. The fourth-order valence-electron chi connectivity index (χ4n) is 2.37. The van der Waals surface area contributed by atoms with E-state index in [-0.39, 0.29) is 7.43 Å². The molecule has 1 fully saturated rings. The van der Waals surface area contributed by atoms with Gasteiger partial charge >= 0.3 is 0 Å². The monoisotopic (exact) mass is 393 g/mol. The lowest BCUT2D eigenvalue weighted by Gasteiger charge is -2.28. The molecule has 0 amide bonds. The second kappa shape index (κ2) is 11.8. The summed E-state index contributed by atoms with van der Waals surface area (Å²) in [6.45, 7) is 5.78. The summed E-state index contributed by atoms with van der Waals surface area (Å²) in [6.07, 6.45) is 2.01. The van der Waals surface area contributed by atoms with E-state index in [9.17, 15) is 0 Å². The quantitative estimate of drug-likeness (QED) is 0.414. The fourth-order valence-corrected chi connectivity index (χ4v) is 2.78. The second-order valence-corrected chi connectivity index (χ2v) is 6.21. The van der Waals surface area contributed by atoms with Crippen molar-refractivity contribution >= 4 is 51.5 Å². The zero-order valence-electron chi connectivity index (χ0n) is 12.9. The predicted octanol–water partition coefficient (Wildman–Crippen LogP) is 3.32. The summed E-state index contributed by atoms with van der Waals surface area (Å²) >= 11 is 16.6. The summed E-state index contributed by atoms with van der Waals surface area (Å²) in [5, 5.41) is 6.90. The van der Waals surface area contributed by atoms with E-state index in [1.54, 1.807) is 0 Å². The summed E-state index contributed by atoms with van der Waals surface area (Å²) in [5.74, 6) is 1.33. The predicted molar refractivity (Wildman–Crippen MR) is 107 cm³/mol. The van der Waals surface area contributed by atoms with Gasteiger partial charge < -0.3 is 20.5 Å². The zero-order chi connectivity index (χ0) is 16.5.